The van der Waals surface area contributed by atoms with Gasteiger partial charge in [0.15, 0.2) is 0 Å². The maximum atomic E-state index is 13.1. The van der Waals surface area contributed by atoms with Crippen molar-refractivity contribution in [2.75, 3.05) is 11.4 Å². The molecule has 0 saturated heterocycles. The van der Waals surface area contributed by atoms with Gasteiger partial charge in [-0.2, -0.15) is 18.3 Å². The van der Waals surface area contributed by atoms with Crippen molar-refractivity contribution in [1.29, 1.82) is 0 Å². The number of aromatic nitrogens is 2. The van der Waals surface area contributed by atoms with Crippen LogP contribution < -0.4 is 10.5 Å². The summed E-state index contributed by atoms with van der Waals surface area (Å²) in [4.78, 5) is 26.3. The fraction of sp³-hybridized carbons (Fsp3) is 0.353. The summed E-state index contributed by atoms with van der Waals surface area (Å²) in [5.74, 6) is -0.532. The molecule has 26 heavy (non-hydrogen) atoms. The number of fused-ring (bicyclic) bond motifs is 1. The van der Waals surface area contributed by atoms with Crippen LogP contribution in [0.1, 0.15) is 29.4 Å². The first-order chi connectivity index (χ1) is 12.2. The molecule has 5 nitrogen and oxygen atoms in total. The number of carbonyl (C=O) groups excluding carboxylic acids is 1. The zero-order valence-electron chi connectivity index (χ0n) is 14.1. The largest absolute Gasteiger partial charge is 0.416 e. The van der Waals surface area contributed by atoms with Crippen molar-refractivity contribution in [2.45, 2.75) is 29.7 Å². The van der Waals surface area contributed by atoms with E-state index in [9.17, 15) is 22.8 Å². The van der Waals surface area contributed by atoms with Crippen LogP contribution in [-0.4, -0.2) is 27.5 Å². The van der Waals surface area contributed by atoms with E-state index in [1.54, 1.807) is 0 Å². The van der Waals surface area contributed by atoms with Crippen LogP contribution in [0.4, 0.5) is 18.9 Å². The fourth-order valence-corrected chi connectivity index (χ4v) is 3.77. The summed E-state index contributed by atoms with van der Waals surface area (Å²) in [6.45, 7) is 2.23. The van der Waals surface area contributed by atoms with Gasteiger partial charge in [0.05, 0.1) is 11.3 Å². The number of nitrogens with zero attached hydrogens (tertiary/aromatic N) is 3. The third-order valence-electron chi connectivity index (χ3n) is 4.09. The Balaban J connectivity index is 2.08. The van der Waals surface area contributed by atoms with E-state index in [4.69, 9.17) is 0 Å². The quantitative estimate of drug-likeness (QED) is 0.758. The highest BCUT2D eigenvalue weighted by molar-refractivity contribution is 8.00. The number of thioether (sulfide) groups is 1. The predicted octanol–water partition coefficient (Wildman–Crippen LogP) is 3.33. The van der Waals surface area contributed by atoms with Crippen molar-refractivity contribution in [3.8, 4) is 0 Å². The summed E-state index contributed by atoms with van der Waals surface area (Å²) in [6.07, 6.45) is -3.88. The highest BCUT2D eigenvalue weighted by atomic mass is 32.2. The SMILES string of the molecule is CC1CCN(C(=O)c2ccc(=O)n(C)n2)c2cc(C(F)(F)F)ccc2S1. The maximum absolute atomic E-state index is 13.1. The number of anilines is 1. The van der Waals surface area contributed by atoms with Gasteiger partial charge in [-0.3, -0.25) is 9.59 Å². The normalized spacial score (nSPS) is 17.6. The summed E-state index contributed by atoms with van der Waals surface area (Å²) >= 11 is 1.44. The molecule has 0 saturated carbocycles. The van der Waals surface area contributed by atoms with E-state index in [0.717, 1.165) is 16.8 Å². The minimum Gasteiger partial charge on any atom is -0.306 e. The van der Waals surface area contributed by atoms with Crippen LogP contribution in [0.15, 0.2) is 40.0 Å². The summed E-state index contributed by atoms with van der Waals surface area (Å²) < 4.78 is 40.4. The van der Waals surface area contributed by atoms with Crippen molar-refractivity contribution in [1.82, 2.24) is 9.78 Å². The van der Waals surface area contributed by atoms with Gasteiger partial charge in [0.2, 0.25) is 0 Å². The van der Waals surface area contributed by atoms with Crippen molar-refractivity contribution in [3.63, 3.8) is 0 Å². The van der Waals surface area contributed by atoms with E-state index in [-0.39, 0.29) is 28.7 Å². The molecule has 1 amide bonds. The molecular formula is C17H16F3N3O2S. The number of aryl methyl sites for hydroxylation is 1. The molecule has 1 aromatic carbocycles. The molecule has 2 aromatic rings. The highest BCUT2D eigenvalue weighted by Crippen LogP contribution is 2.41. The molecule has 0 N–H and O–H groups in total. The average molecular weight is 383 g/mol. The van der Waals surface area contributed by atoms with Crippen LogP contribution in [0.5, 0.6) is 0 Å². The molecule has 1 aliphatic heterocycles. The Morgan fingerprint density at radius 2 is 2.00 bits per heavy atom. The van der Waals surface area contributed by atoms with Crippen molar-refractivity contribution < 1.29 is 18.0 Å². The van der Waals surface area contributed by atoms with Crippen LogP contribution in [-0.2, 0) is 13.2 Å². The topological polar surface area (TPSA) is 55.2 Å². The number of benzene rings is 1. The van der Waals surface area contributed by atoms with Gasteiger partial charge >= 0.3 is 6.18 Å². The summed E-state index contributed by atoms with van der Waals surface area (Å²) in [6, 6.07) is 5.93. The zero-order chi connectivity index (χ0) is 19.1. The Morgan fingerprint density at radius 1 is 1.27 bits per heavy atom. The van der Waals surface area contributed by atoms with E-state index in [1.807, 2.05) is 6.92 Å². The predicted molar refractivity (Wildman–Crippen MR) is 92.5 cm³/mol. The van der Waals surface area contributed by atoms with Crippen molar-refractivity contribution in [3.05, 3.63) is 51.9 Å². The van der Waals surface area contributed by atoms with Gasteiger partial charge in [0.25, 0.3) is 11.5 Å². The lowest BCUT2D eigenvalue weighted by atomic mass is 10.1. The smallest absolute Gasteiger partial charge is 0.306 e. The molecule has 138 valence electrons. The maximum Gasteiger partial charge on any atom is 0.416 e. The number of amides is 1. The number of hydrogen-bond acceptors (Lipinski definition) is 4. The van der Waals surface area contributed by atoms with Gasteiger partial charge in [-0.1, -0.05) is 6.92 Å². The first kappa shape index (κ1) is 18.5. The molecule has 0 bridgehead atoms. The Morgan fingerprint density at radius 3 is 2.65 bits per heavy atom. The average Bonchev–Trinajstić information content (AvgIpc) is 2.73. The Kier molecular flexibility index (Phi) is 4.83. The zero-order valence-corrected chi connectivity index (χ0v) is 14.9. The second-order valence-corrected chi connectivity index (χ2v) is 7.51. The molecule has 0 fully saturated rings. The van der Waals surface area contributed by atoms with E-state index in [0.29, 0.717) is 11.3 Å². The first-order valence-electron chi connectivity index (χ1n) is 7.91. The Labute approximate surface area is 151 Å². The Bertz CT molecular complexity index is 911. The van der Waals surface area contributed by atoms with E-state index in [1.165, 1.54) is 41.9 Å². The number of hydrogen-bond donors (Lipinski definition) is 0. The van der Waals surface area contributed by atoms with Gasteiger partial charge in [-0.05, 0) is 30.7 Å². The van der Waals surface area contributed by atoms with Crippen LogP contribution in [0.2, 0.25) is 0 Å². The van der Waals surface area contributed by atoms with Gasteiger partial charge in [-0.25, -0.2) is 4.68 Å². The van der Waals surface area contributed by atoms with Gasteiger partial charge in [-0.15, -0.1) is 11.8 Å². The lowest BCUT2D eigenvalue weighted by Gasteiger charge is -2.23. The molecule has 2 heterocycles. The second-order valence-electron chi connectivity index (χ2n) is 6.03. The van der Waals surface area contributed by atoms with E-state index in [2.05, 4.69) is 5.10 Å². The monoisotopic (exact) mass is 383 g/mol. The lowest BCUT2D eigenvalue weighted by molar-refractivity contribution is -0.137. The van der Waals surface area contributed by atoms with Gasteiger partial charge in [0, 0.05) is 29.8 Å². The third kappa shape index (κ3) is 3.62. The molecule has 1 aromatic heterocycles. The van der Waals surface area contributed by atoms with E-state index >= 15 is 0 Å². The van der Waals surface area contributed by atoms with E-state index < -0.39 is 17.6 Å². The van der Waals surface area contributed by atoms with Crippen LogP contribution in [0, 0.1) is 0 Å². The van der Waals surface area contributed by atoms with Crippen molar-refractivity contribution in [2.24, 2.45) is 7.05 Å². The number of alkyl halides is 3. The minimum absolute atomic E-state index is 0.00927. The Hall–Kier alpha value is -2.29. The minimum atomic E-state index is -4.50. The van der Waals surface area contributed by atoms with Crippen LogP contribution in [0.3, 0.4) is 0 Å². The second kappa shape index (κ2) is 6.79. The molecule has 3 rings (SSSR count). The van der Waals surface area contributed by atoms with Crippen molar-refractivity contribution >= 4 is 23.4 Å². The molecule has 1 atom stereocenters. The molecule has 9 heteroatoms. The van der Waals surface area contributed by atoms with Gasteiger partial charge in [0.1, 0.15) is 5.69 Å². The first-order valence-corrected chi connectivity index (χ1v) is 8.79. The fourth-order valence-electron chi connectivity index (χ4n) is 2.68. The number of rotatable bonds is 1. The summed E-state index contributed by atoms with van der Waals surface area (Å²) in [5, 5.41) is 4.07. The van der Waals surface area contributed by atoms with Gasteiger partial charge < -0.3 is 4.90 Å². The lowest BCUT2D eigenvalue weighted by Crippen LogP contribution is -2.34. The molecule has 0 aliphatic carbocycles. The summed E-state index contributed by atoms with van der Waals surface area (Å²) in [5.41, 5.74) is -0.955. The standard InChI is InChI=1S/C17H16F3N3O2S/c1-10-7-8-23(16(25)12-4-6-15(24)22(2)21-12)13-9-11(17(18,19)20)3-5-14(13)26-10/h3-6,9-10H,7-8H2,1-2H3. The summed E-state index contributed by atoms with van der Waals surface area (Å²) in [7, 11) is 1.41. The molecule has 1 aliphatic rings. The van der Waals surface area contributed by atoms with Crippen LogP contribution in [0.25, 0.3) is 0 Å². The van der Waals surface area contributed by atoms with Crippen LogP contribution >= 0.6 is 11.8 Å². The molecule has 0 radical (unpaired) electrons. The molecule has 1 unspecified atom stereocenters. The number of carbonyl (C=O) groups is 1. The molecular weight excluding hydrogens is 367 g/mol. The third-order valence-corrected chi connectivity index (χ3v) is 5.33. The number of halogens is 3. The highest BCUT2D eigenvalue weighted by Gasteiger charge is 2.34. The molecule has 0 spiro atoms.